The van der Waals surface area contributed by atoms with Crippen molar-refractivity contribution in [3.8, 4) is 5.75 Å². The number of morpholine rings is 1. The molecular weight excluding hydrogens is 286 g/mol. The van der Waals surface area contributed by atoms with Crippen molar-refractivity contribution in [3.63, 3.8) is 0 Å². The molecule has 3 heteroatoms. The topological polar surface area (TPSA) is 41.5 Å². The zero-order valence-electron chi connectivity index (χ0n) is 13.9. The van der Waals surface area contributed by atoms with Gasteiger partial charge in [-0.05, 0) is 36.1 Å². The fourth-order valence-electron chi connectivity index (χ4n) is 2.49. The second kappa shape index (κ2) is 10.0. The van der Waals surface area contributed by atoms with E-state index in [1.54, 1.807) is 24.3 Å². The Morgan fingerprint density at radius 3 is 2.35 bits per heavy atom. The summed E-state index contributed by atoms with van der Waals surface area (Å²) < 4.78 is 5.72. The second-order valence-corrected chi connectivity index (χ2v) is 5.74. The minimum Gasteiger partial charge on any atom is -0.508 e. The van der Waals surface area contributed by atoms with Crippen molar-refractivity contribution < 1.29 is 9.84 Å². The molecule has 2 aromatic rings. The number of aryl methyl sites for hydroxylation is 1. The summed E-state index contributed by atoms with van der Waals surface area (Å²) in [6.45, 7) is 4.97. The van der Waals surface area contributed by atoms with E-state index >= 15 is 0 Å². The quantitative estimate of drug-likeness (QED) is 0.893. The van der Waals surface area contributed by atoms with Gasteiger partial charge in [-0.1, -0.05) is 55.8 Å². The molecule has 1 saturated heterocycles. The number of para-hydroxylation sites is 1. The SMILES string of the molecule is CCCCc1ccc(C2CNCCO2)cc1.Oc1ccccc1. The fourth-order valence-corrected chi connectivity index (χ4v) is 2.49. The summed E-state index contributed by atoms with van der Waals surface area (Å²) in [5, 5.41) is 12.0. The average molecular weight is 313 g/mol. The van der Waals surface area contributed by atoms with E-state index in [-0.39, 0.29) is 6.10 Å². The summed E-state index contributed by atoms with van der Waals surface area (Å²) in [4.78, 5) is 0. The molecule has 1 heterocycles. The van der Waals surface area contributed by atoms with Crippen LogP contribution in [-0.2, 0) is 11.2 Å². The van der Waals surface area contributed by atoms with Gasteiger partial charge in [-0.15, -0.1) is 0 Å². The van der Waals surface area contributed by atoms with Crippen LogP contribution >= 0.6 is 0 Å². The monoisotopic (exact) mass is 313 g/mol. The minimum absolute atomic E-state index is 0.244. The zero-order chi connectivity index (χ0) is 16.3. The van der Waals surface area contributed by atoms with Crippen molar-refractivity contribution in [3.05, 3.63) is 65.7 Å². The highest BCUT2D eigenvalue weighted by Crippen LogP contribution is 2.19. The van der Waals surface area contributed by atoms with E-state index in [2.05, 4.69) is 36.5 Å². The van der Waals surface area contributed by atoms with Crippen molar-refractivity contribution in [2.75, 3.05) is 19.7 Å². The van der Waals surface area contributed by atoms with Crippen molar-refractivity contribution in [1.82, 2.24) is 5.32 Å². The number of rotatable bonds is 4. The van der Waals surface area contributed by atoms with Crippen LogP contribution in [0, 0.1) is 0 Å². The van der Waals surface area contributed by atoms with Gasteiger partial charge >= 0.3 is 0 Å². The lowest BCUT2D eigenvalue weighted by atomic mass is 10.0. The van der Waals surface area contributed by atoms with Crippen LogP contribution < -0.4 is 5.32 Å². The Bertz CT molecular complexity index is 533. The molecule has 1 unspecified atom stereocenters. The number of ether oxygens (including phenoxy) is 1. The molecule has 0 saturated carbocycles. The molecule has 2 N–H and O–H groups in total. The molecule has 0 amide bonds. The van der Waals surface area contributed by atoms with Crippen LogP contribution in [0.4, 0.5) is 0 Å². The zero-order valence-corrected chi connectivity index (χ0v) is 13.9. The minimum atomic E-state index is 0.244. The molecule has 0 aliphatic carbocycles. The maximum atomic E-state index is 8.63. The van der Waals surface area contributed by atoms with Gasteiger partial charge in [0.05, 0.1) is 12.7 Å². The van der Waals surface area contributed by atoms with Crippen LogP contribution in [0.25, 0.3) is 0 Å². The summed E-state index contributed by atoms with van der Waals surface area (Å²) in [6, 6.07) is 17.6. The van der Waals surface area contributed by atoms with Crippen molar-refractivity contribution >= 4 is 0 Å². The van der Waals surface area contributed by atoms with Gasteiger partial charge in [-0.3, -0.25) is 0 Å². The lowest BCUT2D eigenvalue weighted by Crippen LogP contribution is -2.33. The highest BCUT2D eigenvalue weighted by Gasteiger charge is 2.14. The van der Waals surface area contributed by atoms with E-state index < -0.39 is 0 Å². The van der Waals surface area contributed by atoms with Gasteiger partial charge in [0.1, 0.15) is 5.75 Å². The first-order chi connectivity index (χ1) is 11.3. The van der Waals surface area contributed by atoms with Crippen LogP contribution in [0.5, 0.6) is 5.75 Å². The van der Waals surface area contributed by atoms with Gasteiger partial charge in [0.25, 0.3) is 0 Å². The summed E-state index contributed by atoms with van der Waals surface area (Å²) in [7, 11) is 0. The van der Waals surface area contributed by atoms with E-state index in [4.69, 9.17) is 9.84 Å². The van der Waals surface area contributed by atoms with Crippen LogP contribution in [0.3, 0.4) is 0 Å². The Hall–Kier alpha value is -1.84. The average Bonchev–Trinajstić information content (AvgIpc) is 2.62. The molecule has 0 radical (unpaired) electrons. The largest absolute Gasteiger partial charge is 0.508 e. The van der Waals surface area contributed by atoms with E-state index in [1.807, 2.05) is 6.07 Å². The third-order valence-corrected chi connectivity index (χ3v) is 3.85. The standard InChI is InChI=1S/C14H21NO.C6H6O/c1-2-3-4-12-5-7-13(8-6-12)14-11-15-9-10-16-14;7-6-4-2-1-3-5-6/h5-8,14-15H,2-4,9-11H2,1H3;1-5,7H. The molecule has 1 atom stereocenters. The first kappa shape index (κ1) is 17.5. The van der Waals surface area contributed by atoms with Gasteiger partial charge in [0, 0.05) is 13.1 Å². The van der Waals surface area contributed by atoms with Crippen LogP contribution in [0.2, 0.25) is 0 Å². The second-order valence-electron chi connectivity index (χ2n) is 5.74. The number of nitrogens with one attached hydrogen (secondary N) is 1. The number of phenols is 1. The number of phenolic OH excluding ortho intramolecular Hbond substituents is 1. The van der Waals surface area contributed by atoms with Crippen molar-refractivity contribution in [1.29, 1.82) is 0 Å². The predicted octanol–water partition coefficient (Wildman–Crippen LogP) is 4.08. The molecule has 0 aromatic heterocycles. The van der Waals surface area contributed by atoms with Crippen molar-refractivity contribution in [2.45, 2.75) is 32.3 Å². The van der Waals surface area contributed by atoms with E-state index in [0.29, 0.717) is 5.75 Å². The van der Waals surface area contributed by atoms with Gasteiger partial charge in [0.15, 0.2) is 0 Å². The molecule has 0 spiro atoms. The Morgan fingerprint density at radius 2 is 1.83 bits per heavy atom. The molecule has 23 heavy (non-hydrogen) atoms. The smallest absolute Gasteiger partial charge is 0.115 e. The molecule has 0 bridgehead atoms. The molecule has 1 aliphatic heterocycles. The van der Waals surface area contributed by atoms with Gasteiger partial charge < -0.3 is 15.2 Å². The first-order valence-electron chi connectivity index (χ1n) is 8.44. The molecule has 3 nitrogen and oxygen atoms in total. The molecular formula is C20H27NO2. The Morgan fingerprint density at radius 1 is 1.09 bits per heavy atom. The predicted molar refractivity (Wildman–Crippen MR) is 94.7 cm³/mol. The van der Waals surface area contributed by atoms with E-state index in [9.17, 15) is 0 Å². The van der Waals surface area contributed by atoms with Crippen LogP contribution in [-0.4, -0.2) is 24.8 Å². The molecule has 2 aromatic carbocycles. The number of hydrogen-bond acceptors (Lipinski definition) is 3. The number of benzene rings is 2. The molecule has 3 rings (SSSR count). The summed E-state index contributed by atoms with van der Waals surface area (Å²) in [5.74, 6) is 0.322. The summed E-state index contributed by atoms with van der Waals surface area (Å²) in [6.07, 6.45) is 3.98. The number of aromatic hydroxyl groups is 1. The Kier molecular flexibility index (Phi) is 7.64. The summed E-state index contributed by atoms with van der Waals surface area (Å²) >= 11 is 0. The van der Waals surface area contributed by atoms with Crippen molar-refractivity contribution in [2.24, 2.45) is 0 Å². The van der Waals surface area contributed by atoms with E-state index in [1.165, 1.54) is 30.4 Å². The normalized spacial score (nSPS) is 17.2. The molecule has 1 aliphatic rings. The Balaban J connectivity index is 0.000000229. The van der Waals surface area contributed by atoms with Crippen LogP contribution in [0.15, 0.2) is 54.6 Å². The maximum Gasteiger partial charge on any atom is 0.115 e. The van der Waals surface area contributed by atoms with Gasteiger partial charge in [-0.2, -0.15) is 0 Å². The fraction of sp³-hybridized carbons (Fsp3) is 0.400. The number of hydrogen-bond donors (Lipinski definition) is 2. The highest BCUT2D eigenvalue weighted by molar-refractivity contribution is 5.25. The number of unbranched alkanes of at least 4 members (excludes halogenated alkanes) is 1. The van der Waals surface area contributed by atoms with E-state index in [0.717, 1.165) is 19.7 Å². The third kappa shape index (κ3) is 6.43. The Labute approximate surface area is 139 Å². The van der Waals surface area contributed by atoms with Crippen LogP contribution in [0.1, 0.15) is 37.0 Å². The lowest BCUT2D eigenvalue weighted by Gasteiger charge is -2.24. The first-order valence-corrected chi connectivity index (χ1v) is 8.44. The molecule has 124 valence electrons. The summed E-state index contributed by atoms with van der Waals surface area (Å²) in [5.41, 5.74) is 2.74. The third-order valence-electron chi connectivity index (χ3n) is 3.85. The van der Waals surface area contributed by atoms with Gasteiger partial charge in [0.2, 0.25) is 0 Å². The van der Waals surface area contributed by atoms with Gasteiger partial charge in [-0.25, -0.2) is 0 Å². The lowest BCUT2D eigenvalue weighted by molar-refractivity contribution is 0.0277. The maximum absolute atomic E-state index is 8.63. The highest BCUT2D eigenvalue weighted by atomic mass is 16.5. The molecule has 1 fully saturated rings.